The highest BCUT2D eigenvalue weighted by Gasteiger charge is 2.17. The van der Waals surface area contributed by atoms with Crippen molar-refractivity contribution in [2.75, 3.05) is 7.11 Å². The van der Waals surface area contributed by atoms with Gasteiger partial charge in [-0.3, -0.25) is 4.68 Å². The van der Waals surface area contributed by atoms with Gasteiger partial charge in [-0.2, -0.15) is 5.10 Å². The number of ether oxygens (including phenoxy) is 1. The Morgan fingerprint density at radius 1 is 1.79 bits per heavy atom. The fraction of sp³-hybridized carbons (Fsp3) is 0.429. The van der Waals surface area contributed by atoms with E-state index in [1.807, 2.05) is 0 Å². The van der Waals surface area contributed by atoms with E-state index in [2.05, 4.69) is 9.84 Å². The molecular weight excluding hydrogens is 218 g/mol. The van der Waals surface area contributed by atoms with E-state index in [1.165, 1.54) is 0 Å². The predicted octanol–water partition coefficient (Wildman–Crippen LogP) is 1.59. The summed E-state index contributed by atoms with van der Waals surface area (Å²) >= 11 is 5.57. The summed E-state index contributed by atoms with van der Waals surface area (Å²) in [7, 11) is 1.16. The van der Waals surface area contributed by atoms with Crippen molar-refractivity contribution in [3.05, 3.63) is 16.9 Å². The molecule has 0 bridgehead atoms. The monoisotopic (exact) mass is 224 g/mol. The zero-order valence-electron chi connectivity index (χ0n) is 7.21. The Balaban J connectivity index is 2.87. The summed E-state index contributed by atoms with van der Waals surface area (Å²) in [5.74, 6) is -0.747. The molecular formula is C7H7ClF2N2O2. The highest BCUT2D eigenvalue weighted by atomic mass is 35.5. The molecule has 0 atom stereocenters. The van der Waals surface area contributed by atoms with Gasteiger partial charge in [0.15, 0.2) is 5.69 Å². The molecule has 0 saturated heterocycles. The predicted molar refractivity (Wildman–Crippen MR) is 44.6 cm³/mol. The Kier molecular flexibility index (Phi) is 3.40. The molecule has 7 heteroatoms. The largest absolute Gasteiger partial charge is 0.464 e. The van der Waals surface area contributed by atoms with Gasteiger partial charge in [0.2, 0.25) is 0 Å². The minimum absolute atomic E-state index is 0.00231. The molecule has 0 aliphatic heterocycles. The maximum atomic E-state index is 11.9. The Morgan fingerprint density at radius 3 is 2.93 bits per heavy atom. The van der Waals surface area contributed by atoms with E-state index in [0.717, 1.165) is 18.0 Å². The lowest BCUT2D eigenvalue weighted by Crippen LogP contribution is -2.09. The molecule has 0 aromatic carbocycles. The first kappa shape index (κ1) is 10.9. The first-order valence-corrected chi connectivity index (χ1v) is 4.01. The molecule has 0 aliphatic carbocycles. The average molecular weight is 225 g/mol. The molecule has 0 radical (unpaired) electrons. The molecule has 1 aromatic rings. The van der Waals surface area contributed by atoms with Crippen LogP contribution in [-0.4, -0.2) is 29.3 Å². The lowest BCUT2D eigenvalue weighted by molar-refractivity contribution is 0.0590. The summed E-state index contributed by atoms with van der Waals surface area (Å²) in [6, 6.07) is 0. The fourth-order valence-corrected chi connectivity index (χ4v) is 1.09. The van der Waals surface area contributed by atoms with E-state index in [0.29, 0.717) is 0 Å². The van der Waals surface area contributed by atoms with E-state index in [9.17, 15) is 13.6 Å². The highest BCUT2D eigenvalue weighted by molar-refractivity contribution is 6.33. The standard InChI is InChI=1S/C7H7ClF2N2O2/c1-14-7(13)6-4(8)2-12(11-6)3-5(9)10/h2,5H,3H2,1H3. The molecule has 78 valence electrons. The molecule has 0 saturated carbocycles. The van der Waals surface area contributed by atoms with Crippen LogP contribution in [0.4, 0.5) is 8.78 Å². The number of aromatic nitrogens is 2. The molecule has 1 rings (SSSR count). The summed E-state index contributed by atoms with van der Waals surface area (Å²) in [4.78, 5) is 11.0. The van der Waals surface area contributed by atoms with E-state index in [4.69, 9.17) is 11.6 Å². The van der Waals surface area contributed by atoms with Crippen molar-refractivity contribution in [2.24, 2.45) is 0 Å². The third kappa shape index (κ3) is 2.41. The van der Waals surface area contributed by atoms with Gasteiger partial charge in [0.1, 0.15) is 6.54 Å². The van der Waals surface area contributed by atoms with Gasteiger partial charge in [0.25, 0.3) is 6.43 Å². The molecule has 0 amide bonds. The Morgan fingerprint density at radius 2 is 2.43 bits per heavy atom. The first-order valence-electron chi connectivity index (χ1n) is 3.64. The minimum atomic E-state index is -2.54. The zero-order valence-corrected chi connectivity index (χ0v) is 7.96. The Labute approximate surface area is 83.4 Å². The second-order valence-corrected chi connectivity index (χ2v) is 2.84. The van der Waals surface area contributed by atoms with Crippen LogP contribution in [0.25, 0.3) is 0 Å². The van der Waals surface area contributed by atoms with Crippen molar-refractivity contribution >= 4 is 17.6 Å². The number of halogens is 3. The van der Waals surface area contributed by atoms with Crippen molar-refractivity contribution in [3.63, 3.8) is 0 Å². The molecule has 0 aliphatic rings. The topological polar surface area (TPSA) is 44.1 Å². The van der Waals surface area contributed by atoms with Gasteiger partial charge in [0, 0.05) is 6.20 Å². The number of hydrogen-bond donors (Lipinski definition) is 0. The number of methoxy groups -OCH3 is 1. The molecule has 0 fully saturated rings. The number of carbonyl (C=O) groups excluding carboxylic acids is 1. The third-order valence-corrected chi connectivity index (χ3v) is 1.70. The van der Waals surface area contributed by atoms with Crippen LogP contribution in [0, 0.1) is 0 Å². The number of esters is 1. The lowest BCUT2D eigenvalue weighted by Gasteiger charge is -1.97. The Bertz CT molecular complexity index is 340. The van der Waals surface area contributed by atoms with Crippen LogP contribution in [-0.2, 0) is 11.3 Å². The van der Waals surface area contributed by atoms with Crippen LogP contribution >= 0.6 is 11.6 Å². The van der Waals surface area contributed by atoms with Gasteiger partial charge in [-0.25, -0.2) is 13.6 Å². The Hall–Kier alpha value is -1.17. The number of nitrogens with zero attached hydrogens (tertiary/aromatic N) is 2. The average Bonchev–Trinajstić information content (AvgIpc) is 2.44. The van der Waals surface area contributed by atoms with Crippen molar-refractivity contribution in [1.29, 1.82) is 0 Å². The zero-order chi connectivity index (χ0) is 10.7. The molecule has 0 unspecified atom stereocenters. The second kappa shape index (κ2) is 4.36. The number of carbonyl (C=O) groups is 1. The summed E-state index contributed by atoms with van der Waals surface area (Å²) in [6.45, 7) is -0.600. The number of alkyl halides is 2. The van der Waals surface area contributed by atoms with Gasteiger partial charge in [0.05, 0.1) is 12.1 Å². The molecule has 4 nitrogen and oxygen atoms in total. The van der Waals surface area contributed by atoms with E-state index in [1.54, 1.807) is 0 Å². The smallest absolute Gasteiger partial charge is 0.360 e. The summed E-state index contributed by atoms with van der Waals surface area (Å²) in [5, 5.41) is 3.55. The van der Waals surface area contributed by atoms with Gasteiger partial charge < -0.3 is 4.74 Å². The van der Waals surface area contributed by atoms with Crippen LogP contribution in [0.5, 0.6) is 0 Å². The first-order chi connectivity index (χ1) is 6.54. The van der Waals surface area contributed by atoms with Crippen molar-refractivity contribution in [1.82, 2.24) is 9.78 Å². The quantitative estimate of drug-likeness (QED) is 0.733. The molecule has 1 aromatic heterocycles. The maximum Gasteiger partial charge on any atom is 0.360 e. The van der Waals surface area contributed by atoms with Crippen LogP contribution in [0.2, 0.25) is 5.02 Å². The minimum Gasteiger partial charge on any atom is -0.464 e. The molecule has 0 spiro atoms. The molecule has 0 N–H and O–H groups in total. The van der Waals surface area contributed by atoms with E-state index in [-0.39, 0.29) is 10.7 Å². The van der Waals surface area contributed by atoms with Crippen molar-refractivity contribution in [3.8, 4) is 0 Å². The van der Waals surface area contributed by atoms with E-state index >= 15 is 0 Å². The maximum absolute atomic E-state index is 11.9. The molecule has 14 heavy (non-hydrogen) atoms. The van der Waals surface area contributed by atoms with Gasteiger partial charge in [-0.15, -0.1) is 0 Å². The van der Waals surface area contributed by atoms with E-state index < -0.39 is 18.9 Å². The second-order valence-electron chi connectivity index (χ2n) is 2.43. The van der Waals surface area contributed by atoms with Crippen LogP contribution < -0.4 is 0 Å². The van der Waals surface area contributed by atoms with Gasteiger partial charge >= 0.3 is 5.97 Å². The van der Waals surface area contributed by atoms with Crippen molar-refractivity contribution in [2.45, 2.75) is 13.0 Å². The van der Waals surface area contributed by atoms with Crippen molar-refractivity contribution < 1.29 is 18.3 Å². The van der Waals surface area contributed by atoms with Crippen LogP contribution in [0.15, 0.2) is 6.20 Å². The SMILES string of the molecule is COC(=O)c1nn(CC(F)F)cc1Cl. The fourth-order valence-electron chi connectivity index (χ4n) is 0.867. The number of rotatable bonds is 3. The third-order valence-electron chi connectivity index (χ3n) is 1.42. The lowest BCUT2D eigenvalue weighted by atomic mass is 10.4. The van der Waals surface area contributed by atoms with Crippen LogP contribution in [0.3, 0.4) is 0 Å². The summed E-state index contributed by atoms with van der Waals surface area (Å²) in [5.41, 5.74) is -0.158. The highest BCUT2D eigenvalue weighted by Crippen LogP contribution is 2.15. The van der Waals surface area contributed by atoms with Crippen LogP contribution in [0.1, 0.15) is 10.5 Å². The number of hydrogen-bond acceptors (Lipinski definition) is 3. The van der Waals surface area contributed by atoms with Gasteiger partial charge in [-0.05, 0) is 0 Å². The van der Waals surface area contributed by atoms with Gasteiger partial charge in [-0.1, -0.05) is 11.6 Å². The summed E-state index contributed by atoms with van der Waals surface area (Å²) < 4.78 is 29.1. The molecule has 1 heterocycles. The summed E-state index contributed by atoms with van der Waals surface area (Å²) in [6.07, 6.45) is -1.39. The normalized spacial score (nSPS) is 10.6.